The van der Waals surface area contributed by atoms with Crippen LogP contribution in [0.3, 0.4) is 0 Å². The number of halogens is 1. The summed E-state index contributed by atoms with van der Waals surface area (Å²) in [6.07, 6.45) is -0.320. The van der Waals surface area contributed by atoms with Crippen LogP contribution in [0.5, 0.6) is 0 Å². The Morgan fingerprint density at radius 1 is 1.03 bits per heavy atom. The van der Waals surface area contributed by atoms with Crippen molar-refractivity contribution >= 4 is 23.8 Å². The average Bonchev–Trinajstić information content (AvgIpc) is 2.89. The molecule has 0 bridgehead atoms. The summed E-state index contributed by atoms with van der Waals surface area (Å²) in [5.41, 5.74) is 2.77. The number of piperazine rings is 1. The molecule has 2 saturated heterocycles. The molecule has 2 aromatic carbocycles. The number of urea groups is 1. The van der Waals surface area contributed by atoms with Crippen molar-refractivity contribution in [3.63, 3.8) is 0 Å². The van der Waals surface area contributed by atoms with E-state index in [9.17, 15) is 28.7 Å². The number of hydrogen-bond acceptors (Lipinski definition) is 5. The molecule has 0 spiro atoms. The van der Waals surface area contributed by atoms with Crippen LogP contribution in [-0.4, -0.2) is 81.1 Å². The molecule has 4 rings (SSSR count). The normalized spacial score (nSPS) is 19.9. The van der Waals surface area contributed by atoms with Gasteiger partial charge in [0.05, 0.1) is 13.1 Å². The molecule has 2 N–H and O–H groups in total. The van der Waals surface area contributed by atoms with Gasteiger partial charge < -0.3 is 20.2 Å². The van der Waals surface area contributed by atoms with Crippen LogP contribution < -0.4 is 5.32 Å². The fourth-order valence-corrected chi connectivity index (χ4v) is 4.95. The average molecular weight is 526 g/mol. The van der Waals surface area contributed by atoms with E-state index in [0.29, 0.717) is 5.56 Å². The third kappa shape index (κ3) is 5.94. The van der Waals surface area contributed by atoms with Gasteiger partial charge >= 0.3 is 12.0 Å². The molecule has 2 atom stereocenters. The molecular weight excluding hydrogens is 493 g/mol. The first-order chi connectivity index (χ1) is 18.2. The van der Waals surface area contributed by atoms with Gasteiger partial charge in [-0.05, 0) is 41.7 Å². The highest BCUT2D eigenvalue weighted by molar-refractivity contribution is 5.91. The van der Waals surface area contributed by atoms with Crippen LogP contribution in [0.25, 0.3) is 0 Å². The van der Waals surface area contributed by atoms with Gasteiger partial charge in [-0.3, -0.25) is 14.4 Å². The van der Waals surface area contributed by atoms with E-state index in [2.05, 4.69) is 12.2 Å². The maximum atomic E-state index is 13.5. The summed E-state index contributed by atoms with van der Waals surface area (Å²) < 4.78 is 13.4. The van der Waals surface area contributed by atoms with E-state index in [1.54, 1.807) is 19.2 Å². The Bertz CT molecular complexity index is 1190. The second kappa shape index (κ2) is 11.6. The van der Waals surface area contributed by atoms with Crippen LogP contribution in [0.1, 0.15) is 36.5 Å². The largest absolute Gasteiger partial charge is 0.481 e. The number of amides is 4. The number of rotatable bonds is 8. The highest BCUT2D eigenvalue weighted by Gasteiger charge is 2.50. The zero-order chi connectivity index (χ0) is 27.4. The van der Waals surface area contributed by atoms with Crippen molar-refractivity contribution in [2.75, 3.05) is 20.1 Å². The number of fused-ring (bicyclic) bond motifs is 1. The van der Waals surface area contributed by atoms with Crippen LogP contribution in [0.15, 0.2) is 48.5 Å². The first-order valence-electron chi connectivity index (χ1n) is 12.6. The number of carbonyl (C=O) groups is 4. The molecule has 202 valence electrons. The maximum absolute atomic E-state index is 13.5. The van der Waals surface area contributed by atoms with Gasteiger partial charge in [0.1, 0.15) is 18.0 Å². The standard InChI is InChI=1S/C27H32FN5O5/c1-3-18-4-6-19(7-5-18)14-29-27(38)33-23-16-31(15-20-8-10-21(28)11-9-20)26(37)22(12-13-25(35)36)32(23)24(34)17-30(33)2/h4-11,22-23H,3,12-17H2,1-2H3,(H,29,38)(H,35,36)/t22-,23?/m0/s1. The number of nitrogens with one attached hydrogen (secondary N) is 1. The molecule has 4 amide bonds. The number of aliphatic carboxylic acids is 1. The van der Waals surface area contributed by atoms with Crippen LogP contribution in [0.4, 0.5) is 9.18 Å². The summed E-state index contributed by atoms with van der Waals surface area (Å²) in [4.78, 5) is 54.2. The van der Waals surface area contributed by atoms with Crippen LogP contribution in [0.2, 0.25) is 0 Å². The Morgan fingerprint density at radius 2 is 1.66 bits per heavy atom. The fourth-order valence-electron chi connectivity index (χ4n) is 4.95. The number of hydrazine groups is 1. The molecule has 11 heteroatoms. The van der Waals surface area contributed by atoms with Gasteiger partial charge in [0, 0.05) is 26.6 Å². The molecule has 0 radical (unpaired) electrons. The number of likely N-dealkylation sites (N-methyl/N-ethyl adjacent to an activating group) is 1. The van der Waals surface area contributed by atoms with E-state index in [4.69, 9.17) is 0 Å². The Balaban J connectivity index is 1.58. The van der Waals surface area contributed by atoms with Gasteiger partial charge in [0.15, 0.2) is 0 Å². The predicted octanol–water partition coefficient (Wildman–Crippen LogP) is 2.19. The Hall–Kier alpha value is -3.99. The molecule has 0 saturated carbocycles. The van der Waals surface area contributed by atoms with Gasteiger partial charge in [0.2, 0.25) is 11.8 Å². The van der Waals surface area contributed by atoms with Crippen LogP contribution in [0, 0.1) is 5.82 Å². The topological polar surface area (TPSA) is 113 Å². The van der Waals surface area contributed by atoms with Crippen molar-refractivity contribution in [1.29, 1.82) is 0 Å². The lowest BCUT2D eigenvalue weighted by atomic mass is 10.0. The first-order valence-corrected chi connectivity index (χ1v) is 12.6. The lowest BCUT2D eigenvalue weighted by Crippen LogP contribution is -2.75. The predicted molar refractivity (Wildman–Crippen MR) is 136 cm³/mol. The number of benzene rings is 2. The lowest BCUT2D eigenvalue weighted by molar-refractivity contribution is -0.188. The van der Waals surface area contributed by atoms with Gasteiger partial charge in [-0.25, -0.2) is 19.2 Å². The van der Waals surface area contributed by atoms with Gasteiger partial charge in [0.25, 0.3) is 0 Å². The molecular formula is C27H32FN5O5. The van der Waals surface area contributed by atoms with E-state index in [1.165, 1.54) is 37.5 Å². The molecule has 0 aromatic heterocycles. The smallest absolute Gasteiger partial charge is 0.334 e. The van der Waals surface area contributed by atoms with Gasteiger partial charge in [-0.2, -0.15) is 0 Å². The van der Waals surface area contributed by atoms with Crippen molar-refractivity contribution in [3.8, 4) is 0 Å². The third-order valence-electron chi connectivity index (χ3n) is 6.94. The highest BCUT2D eigenvalue weighted by Crippen LogP contribution is 2.29. The van der Waals surface area contributed by atoms with Gasteiger partial charge in [-0.15, -0.1) is 0 Å². The van der Waals surface area contributed by atoms with Crippen molar-refractivity contribution in [1.82, 2.24) is 25.1 Å². The number of aryl methyl sites for hydroxylation is 1. The minimum atomic E-state index is -1.09. The summed E-state index contributed by atoms with van der Waals surface area (Å²) in [6.45, 7) is 2.35. The summed E-state index contributed by atoms with van der Waals surface area (Å²) in [5, 5.41) is 15.1. The fraction of sp³-hybridized carbons (Fsp3) is 0.407. The molecule has 2 aliphatic rings. The summed E-state index contributed by atoms with van der Waals surface area (Å²) in [5.74, 6) is -2.26. The summed E-state index contributed by atoms with van der Waals surface area (Å²) >= 11 is 0. The Morgan fingerprint density at radius 3 is 2.29 bits per heavy atom. The molecule has 1 unspecified atom stereocenters. The van der Waals surface area contributed by atoms with E-state index < -0.39 is 35.9 Å². The quantitative estimate of drug-likeness (QED) is 0.546. The molecule has 2 fully saturated rings. The van der Waals surface area contributed by atoms with E-state index in [-0.39, 0.29) is 44.9 Å². The Labute approximate surface area is 220 Å². The third-order valence-corrected chi connectivity index (χ3v) is 6.94. The minimum absolute atomic E-state index is 0.0223. The summed E-state index contributed by atoms with van der Waals surface area (Å²) in [6, 6.07) is 12.1. The number of nitrogens with zero attached hydrogens (tertiary/aromatic N) is 4. The van der Waals surface area contributed by atoms with Crippen molar-refractivity contribution in [3.05, 3.63) is 71.0 Å². The summed E-state index contributed by atoms with van der Waals surface area (Å²) in [7, 11) is 1.62. The monoisotopic (exact) mass is 525 g/mol. The number of carboxylic acid groups (broad SMARTS) is 1. The number of hydrogen-bond donors (Lipinski definition) is 2. The highest BCUT2D eigenvalue weighted by atomic mass is 19.1. The zero-order valence-electron chi connectivity index (χ0n) is 21.5. The molecule has 2 heterocycles. The molecule has 38 heavy (non-hydrogen) atoms. The second-order valence-electron chi connectivity index (χ2n) is 9.56. The molecule has 0 aliphatic carbocycles. The van der Waals surface area contributed by atoms with Gasteiger partial charge in [-0.1, -0.05) is 43.3 Å². The molecule has 10 nitrogen and oxygen atoms in total. The first kappa shape index (κ1) is 27.1. The van der Waals surface area contributed by atoms with Crippen molar-refractivity contribution < 1.29 is 28.7 Å². The van der Waals surface area contributed by atoms with E-state index >= 15 is 0 Å². The van der Waals surface area contributed by atoms with Crippen molar-refractivity contribution in [2.45, 2.75) is 51.5 Å². The minimum Gasteiger partial charge on any atom is -0.481 e. The zero-order valence-corrected chi connectivity index (χ0v) is 21.5. The van der Waals surface area contributed by atoms with E-state index in [1.807, 2.05) is 24.3 Å². The van der Waals surface area contributed by atoms with Crippen molar-refractivity contribution in [2.24, 2.45) is 0 Å². The SMILES string of the molecule is CCc1ccc(CNC(=O)N2C3CN(Cc4ccc(F)cc4)C(=O)[C@H](CCC(=O)O)N3C(=O)CN2C)cc1. The maximum Gasteiger partial charge on any atom is 0.334 e. The van der Waals surface area contributed by atoms with E-state index in [0.717, 1.165) is 12.0 Å². The number of carboxylic acids is 1. The number of carbonyl (C=O) groups excluding carboxylic acids is 3. The molecule has 2 aliphatic heterocycles. The lowest BCUT2D eigenvalue weighted by Gasteiger charge is -2.54. The Kier molecular flexibility index (Phi) is 8.26. The second-order valence-corrected chi connectivity index (χ2v) is 9.56. The molecule has 2 aromatic rings. The van der Waals surface area contributed by atoms with Crippen LogP contribution >= 0.6 is 0 Å². The van der Waals surface area contributed by atoms with Crippen LogP contribution in [-0.2, 0) is 33.9 Å².